The molecule has 4 nitrogen and oxygen atoms in total. The van der Waals surface area contributed by atoms with Gasteiger partial charge >= 0.3 is 0 Å². The Morgan fingerprint density at radius 2 is 1.57 bits per heavy atom. The first-order valence-corrected chi connectivity index (χ1v) is 8.24. The van der Waals surface area contributed by atoms with Crippen LogP contribution in [0.5, 0.6) is 0 Å². The van der Waals surface area contributed by atoms with Crippen LogP contribution in [0.3, 0.4) is 0 Å². The lowest BCUT2D eigenvalue weighted by atomic mass is 10.2. The molecule has 1 heterocycles. The summed E-state index contributed by atoms with van der Waals surface area (Å²) >= 11 is 0. The Morgan fingerprint density at radius 1 is 0.826 bits per heavy atom. The van der Waals surface area contributed by atoms with Crippen molar-refractivity contribution in [3.8, 4) is 0 Å². The molecule has 0 atom stereocenters. The summed E-state index contributed by atoms with van der Waals surface area (Å²) < 4.78 is 0. The Morgan fingerprint density at radius 3 is 2.39 bits per heavy atom. The molecule has 0 aliphatic heterocycles. The van der Waals surface area contributed by atoms with E-state index in [4.69, 9.17) is 4.98 Å². The van der Waals surface area contributed by atoms with Gasteiger partial charge in [-0.05, 0) is 37.1 Å². The molecule has 1 fully saturated rings. The van der Waals surface area contributed by atoms with Crippen molar-refractivity contribution in [3.63, 3.8) is 0 Å². The van der Waals surface area contributed by atoms with Crippen LogP contribution in [-0.2, 0) is 0 Å². The number of fused-ring (bicyclic) bond motifs is 1. The molecule has 2 N–H and O–H groups in total. The van der Waals surface area contributed by atoms with Gasteiger partial charge in [-0.25, -0.2) is 4.98 Å². The molecule has 0 radical (unpaired) electrons. The average Bonchev–Trinajstić information content (AvgIpc) is 3.09. The fraction of sp³-hybridized carbons (Fsp3) is 0.263. The quantitative estimate of drug-likeness (QED) is 0.731. The second-order valence-corrected chi connectivity index (χ2v) is 6.03. The zero-order chi connectivity index (χ0) is 15.5. The van der Waals surface area contributed by atoms with Crippen LogP contribution in [0.4, 0.5) is 17.5 Å². The summed E-state index contributed by atoms with van der Waals surface area (Å²) in [4.78, 5) is 9.37. The summed E-state index contributed by atoms with van der Waals surface area (Å²) in [6.45, 7) is 0. The van der Waals surface area contributed by atoms with Gasteiger partial charge in [-0.1, -0.05) is 43.2 Å². The van der Waals surface area contributed by atoms with E-state index >= 15 is 0 Å². The highest BCUT2D eigenvalue weighted by molar-refractivity contribution is 5.90. The molecular weight excluding hydrogens is 284 g/mol. The predicted octanol–water partition coefficient (Wildman–Crippen LogP) is 4.73. The molecule has 4 heteroatoms. The zero-order valence-corrected chi connectivity index (χ0v) is 13.0. The maximum atomic E-state index is 4.73. The molecule has 2 aromatic carbocycles. The molecule has 1 aromatic heterocycles. The highest BCUT2D eigenvalue weighted by Gasteiger charge is 2.17. The van der Waals surface area contributed by atoms with Crippen LogP contribution < -0.4 is 10.6 Å². The van der Waals surface area contributed by atoms with Gasteiger partial charge in [-0.3, -0.25) is 0 Å². The fourth-order valence-electron chi connectivity index (χ4n) is 3.16. The third-order valence-electron chi connectivity index (χ3n) is 4.33. The lowest BCUT2D eigenvalue weighted by Crippen LogP contribution is -2.16. The maximum absolute atomic E-state index is 4.73. The Kier molecular flexibility index (Phi) is 3.80. The van der Waals surface area contributed by atoms with Crippen LogP contribution in [0.1, 0.15) is 25.7 Å². The molecule has 116 valence electrons. The first-order valence-electron chi connectivity index (χ1n) is 8.24. The Bertz CT molecular complexity index is 795. The van der Waals surface area contributed by atoms with Crippen molar-refractivity contribution in [2.45, 2.75) is 31.7 Å². The standard InChI is InChI=1S/C19H20N4/c1-2-8-15(9-3-1)21-19-22-17-13-7-6-12-16(17)18(23-19)20-14-10-4-5-11-14/h1-3,6-9,12-14H,4-5,10-11H2,(H2,20,21,22,23). The van der Waals surface area contributed by atoms with E-state index in [9.17, 15) is 0 Å². The normalized spacial score (nSPS) is 15.0. The Labute approximate surface area is 136 Å². The molecule has 0 saturated heterocycles. The smallest absolute Gasteiger partial charge is 0.229 e. The van der Waals surface area contributed by atoms with E-state index in [0.29, 0.717) is 12.0 Å². The third kappa shape index (κ3) is 3.11. The molecule has 4 rings (SSSR count). The van der Waals surface area contributed by atoms with E-state index in [2.05, 4.69) is 21.7 Å². The van der Waals surface area contributed by atoms with Crippen molar-refractivity contribution in [1.29, 1.82) is 0 Å². The van der Waals surface area contributed by atoms with E-state index in [1.807, 2.05) is 48.5 Å². The van der Waals surface area contributed by atoms with E-state index in [1.165, 1.54) is 25.7 Å². The van der Waals surface area contributed by atoms with Gasteiger partial charge < -0.3 is 10.6 Å². The van der Waals surface area contributed by atoms with Crippen LogP contribution in [0.15, 0.2) is 54.6 Å². The van der Waals surface area contributed by atoms with Crippen molar-refractivity contribution in [2.75, 3.05) is 10.6 Å². The van der Waals surface area contributed by atoms with E-state index in [1.54, 1.807) is 0 Å². The van der Waals surface area contributed by atoms with Gasteiger partial charge in [0.1, 0.15) is 5.82 Å². The molecule has 1 saturated carbocycles. The molecule has 3 aromatic rings. The van der Waals surface area contributed by atoms with E-state index in [-0.39, 0.29) is 0 Å². The van der Waals surface area contributed by atoms with Crippen molar-refractivity contribution in [1.82, 2.24) is 9.97 Å². The zero-order valence-electron chi connectivity index (χ0n) is 13.0. The Hall–Kier alpha value is -2.62. The topological polar surface area (TPSA) is 49.8 Å². The van der Waals surface area contributed by atoms with Crippen molar-refractivity contribution >= 4 is 28.4 Å². The summed E-state index contributed by atoms with van der Waals surface area (Å²) in [5, 5.41) is 8.00. The average molecular weight is 304 g/mol. The lowest BCUT2D eigenvalue weighted by molar-refractivity contribution is 0.752. The first-order chi connectivity index (χ1) is 11.4. The van der Waals surface area contributed by atoms with Crippen LogP contribution in [-0.4, -0.2) is 16.0 Å². The van der Waals surface area contributed by atoms with Crippen molar-refractivity contribution in [3.05, 3.63) is 54.6 Å². The summed E-state index contributed by atoms with van der Waals surface area (Å²) in [5.74, 6) is 1.57. The predicted molar refractivity (Wildman–Crippen MR) is 95.1 cm³/mol. The molecule has 0 amide bonds. The number of nitrogens with zero attached hydrogens (tertiary/aromatic N) is 2. The van der Waals surface area contributed by atoms with Gasteiger partial charge in [0.05, 0.1) is 5.52 Å². The fourth-order valence-corrected chi connectivity index (χ4v) is 3.16. The van der Waals surface area contributed by atoms with Crippen molar-refractivity contribution < 1.29 is 0 Å². The van der Waals surface area contributed by atoms with Gasteiger partial charge in [-0.15, -0.1) is 0 Å². The Balaban J connectivity index is 1.70. The molecule has 0 unspecified atom stereocenters. The van der Waals surface area contributed by atoms with Gasteiger partial charge in [-0.2, -0.15) is 4.98 Å². The number of para-hydroxylation sites is 2. The van der Waals surface area contributed by atoms with Gasteiger partial charge in [0, 0.05) is 17.1 Å². The minimum atomic E-state index is 0.526. The minimum Gasteiger partial charge on any atom is -0.367 e. The number of nitrogens with one attached hydrogen (secondary N) is 2. The summed E-state index contributed by atoms with van der Waals surface area (Å²) in [6, 6.07) is 18.7. The largest absolute Gasteiger partial charge is 0.367 e. The number of anilines is 3. The van der Waals surface area contributed by atoms with Crippen LogP contribution in [0.25, 0.3) is 10.9 Å². The van der Waals surface area contributed by atoms with E-state index in [0.717, 1.165) is 22.4 Å². The monoisotopic (exact) mass is 304 g/mol. The number of rotatable bonds is 4. The summed E-state index contributed by atoms with van der Waals surface area (Å²) in [7, 11) is 0. The first kappa shape index (κ1) is 14.0. The lowest BCUT2D eigenvalue weighted by Gasteiger charge is -2.16. The molecule has 0 spiro atoms. The summed E-state index contributed by atoms with van der Waals surface area (Å²) in [6.07, 6.45) is 5.05. The number of hydrogen-bond acceptors (Lipinski definition) is 4. The molecule has 1 aliphatic rings. The third-order valence-corrected chi connectivity index (χ3v) is 4.33. The molecule has 0 bridgehead atoms. The van der Waals surface area contributed by atoms with Gasteiger partial charge in [0.2, 0.25) is 5.95 Å². The molecule has 23 heavy (non-hydrogen) atoms. The highest BCUT2D eigenvalue weighted by atomic mass is 15.2. The number of aromatic nitrogens is 2. The summed E-state index contributed by atoms with van der Waals surface area (Å²) in [5.41, 5.74) is 1.95. The van der Waals surface area contributed by atoms with E-state index < -0.39 is 0 Å². The molecule has 1 aliphatic carbocycles. The second-order valence-electron chi connectivity index (χ2n) is 6.03. The van der Waals surface area contributed by atoms with Gasteiger partial charge in [0.25, 0.3) is 0 Å². The van der Waals surface area contributed by atoms with Crippen LogP contribution in [0.2, 0.25) is 0 Å². The number of hydrogen-bond donors (Lipinski definition) is 2. The molecular formula is C19H20N4. The van der Waals surface area contributed by atoms with Crippen molar-refractivity contribution in [2.24, 2.45) is 0 Å². The SMILES string of the molecule is c1ccc(Nc2nc(NC3CCCC3)c3ccccc3n2)cc1. The number of benzene rings is 2. The highest BCUT2D eigenvalue weighted by Crippen LogP contribution is 2.27. The van der Waals surface area contributed by atoms with Crippen LogP contribution in [0, 0.1) is 0 Å². The van der Waals surface area contributed by atoms with Gasteiger partial charge in [0.15, 0.2) is 0 Å². The second kappa shape index (κ2) is 6.24. The minimum absolute atomic E-state index is 0.526. The maximum Gasteiger partial charge on any atom is 0.229 e. The van der Waals surface area contributed by atoms with Crippen LogP contribution >= 0.6 is 0 Å².